The van der Waals surface area contributed by atoms with Gasteiger partial charge in [-0.1, -0.05) is 65.7 Å². The highest BCUT2D eigenvalue weighted by molar-refractivity contribution is 9.10. The zero-order chi connectivity index (χ0) is 13.7. The second-order valence-electron chi connectivity index (χ2n) is 4.61. The first kappa shape index (κ1) is 14.0. The van der Waals surface area contributed by atoms with Gasteiger partial charge in [-0.3, -0.25) is 4.79 Å². The smallest absolute Gasteiger partial charge is 0.194 e. The fourth-order valence-corrected chi connectivity index (χ4v) is 2.47. The van der Waals surface area contributed by atoms with Crippen molar-refractivity contribution in [3.8, 4) is 0 Å². The summed E-state index contributed by atoms with van der Waals surface area (Å²) in [6.45, 7) is 2.19. The average Bonchev–Trinajstić information content (AvgIpc) is 2.45. The molecule has 0 aromatic heterocycles. The van der Waals surface area contributed by atoms with Crippen molar-refractivity contribution in [2.75, 3.05) is 0 Å². The summed E-state index contributed by atoms with van der Waals surface area (Å²) in [5.41, 5.74) is 2.75. The molecule has 0 unspecified atom stereocenters. The maximum Gasteiger partial charge on any atom is 0.194 e. The summed E-state index contributed by atoms with van der Waals surface area (Å²) in [5, 5.41) is 0. The molecule has 0 radical (unpaired) electrons. The number of aryl methyl sites for hydroxylation is 1. The van der Waals surface area contributed by atoms with Crippen molar-refractivity contribution in [1.82, 2.24) is 0 Å². The predicted octanol–water partition coefficient (Wildman–Crippen LogP) is 5.02. The standard InChI is InChI=1S/C17H17BrO/c1-2-3-6-13-9-11-14(12-10-13)17(19)15-7-4-5-8-16(15)18/h4-5,7-12H,2-3,6H2,1H3. The fourth-order valence-electron chi connectivity index (χ4n) is 2.00. The van der Waals surface area contributed by atoms with Gasteiger partial charge in [0.05, 0.1) is 0 Å². The highest BCUT2D eigenvalue weighted by atomic mass is 79.9. The van der Waals surface area contributed by atoms with E-state index in [4.69, 9.17) is 0 Å². The van der Waals surface area contributed by atoms with Crippen molar-refractivity contribution >= 4 is 21.7 Å². The lowest BCUT2D eigenvalue weighted by Crippen LogP contribution is -2.02. The van der Waals surface area contributed by atoms with Gasteiger partial charge in [-0.15, -0.1) is 0 Å². The average molecular weight is 317 g/mol. The number of halogens is 1. The Balaban J connectivity index is 2.18. The largest absolute Gasteiger partial charge is 0.289 e. The van der Waals surface area contributed by atoms with Crippen molar-refractivity contribution < 1.29 is 4.79 Å². The number of rotatable bonds is 5. The summed E-state index contributed by atoms with van der Waals surface area (Å²) in [5.74, 6) is 0.0644. The van der Waals surface area contributed by atoms with Gasteiger partial charge in [0.2, 0.25) is 0 Å². The molecular weight excluding hydrogens is 300 g/mol. The Morgan fingerprint density at radius 3 is 2.37 bits per heavy atom. The second-order valence-corrected chi connectivity index (χ2v) is 5.46. The van der Waals surface area contributed by atoms with Crippen LogP contribution in [0.1, 0.15) is 41.3 Å². The van der Waals surface area contributed by atoms with Crippen LogP contribution >= 0.6 is 15.9 Å². The molecule has 0 aliphatic rings. The zero-order valence-corrected chi connectivity index (χ0v) is 12.6. The molecule has 0 saturated heterocycles. The predicted molar refractivity (Wildman–Crippen MR) is 82.6 cm³/mol. The molecule has 0 heterocycles. The van der Waals surface area contributed by atoms with Gasteiger partial charge in [0.1, 0.15) is 0 Å². The number of benzene rings is 2. The Morgan fingerprint density at radius 2 is 1.74 bits per heavy atom. The van der Waals surface area contributed by atoms with Gasteiger partial charge >= 0.3 is 0 Å². The van der Waals surface area contributed by atoms with E-state index in [1.54, 1.807) is 0 Å². The Kier molecular flexibility index (Phi) is 4.92. The number of ketones is 1. The van der Waals surface area contributed by atoms with Crippen LogP contribution in [0.25, 0.3) is 0 Å². The highest BCUT2D eigenvalue weighted by Crippen LogP contribution is 2.20. The maximum absolute atomic E-state index is 12.4. The van der Waals surface area contributed by atoms with E-state index >= 15 is 0 Å². The molecule has 98 valence electrons. The van der Waals surface area contributed by atoms with Gasteiger partial charge in [-0.25, -0.2) is 0 Å². The molecule has 2 heteroatoms. The first-order valence-corrected chi connectivity index (χ1v) is 7.40. The zero-order valence-electron chi connectivity index (χ0n) is 11.0. The Bertz CT molecular complexity index is 558. The van der Waals surface area contributed by atoms with Gasteiger partial charge < -0.3 is 0 Å². The fraction of sp³-hybridized carbons (Fsp3) is 0.235. The van der Waals surface area contributed by atoms with Crippen molar-refractivity contribution in [1.29, 1.82) is 0 Å². The monoisotopic (exact) mass is 316 g/mol. The minimum atomic E-state index is 0.0644. The molecule has 0 fully saturated rings. The molecule has 1 nitrogen and oxygen atoms in total. The quantitative estimate of drug-likeness (QED) is 0.708. The van der Waals surface area contributed by atoms with Crippen LogP contribution in [0.15, 0.2) is 53.0 Å². The number of unbranched alkanes of at least 4 members (excludes halogenated alkanes) is 1. The molecule has 19 heavy (non-hydrogen) atoms. The molecule has 0 N–H and O–H groups in total. The summed E-state index contributed by atoms with van der Waals surface area (Å²) >= 11 is 3.42. The molecule has 0 atom stereocenters. The van der Waals surface area contributed by atoms with Crippen LogP contribution < -0.4 is 0 Å². The number of hydrogen-bond acceptors (Lipinski definition) is 1. The lowest BCUT2D eigenvalue weighted by atomic mass is 10.0. The van der Waals surface area contributed by atoms with E-state index in [2.05, 4.69) is 35.0 Å². The third-order valence-corrected chi connectivity index (χ3v) is 3.85. The van der Waals surface area contributed by atoms with Crippen LogP contribution in [0.4, 0.5) is 0 Å². The summed E-state index contributed by atoms with van der Waals surface area (Å²) in [7, 11) is 0. The number of carbonyl (C=O) groups excluding carboxylic acids is 1. The van der Waals surface area contributed by atoms with Crippen molar-refractivity contribution in [3.05, 3.63) is 69.7 Å². The van der Waals surface area contributed by atoms with Gasteiger partial charge in [0.15, 0.2) is 5.78 Å². The molecule has 0 spiro atoms. The third kappa shape index (κ3) is 3.54. The first-order valence-electron chi connectivity index (χ1n) is 6.60. The molecule has 2 aromatic carbocycles. The van der Waals surface area contributed by atoms with E-state index < -0.39 is 0 Å². The molecule has 0 saturated carbocycles. The lowest BCUT2D eigenvalue weighted by molar-refractivity contribution is 0.103. The lowest BCUT2D eigenvalue weighted by Gasteiger charge is -2.05. The van der Waals surface area contributed by atoms with Crippen molar-refractivity contribution in [2.24, 2.45) is 0 Å². The molecule has 0 aliphatic heterocycles. The van der Waals surface area contributed by atoms with Crippen LogP contribution in [0.2, 0.25) is 0 Å². The minimum absolute atomic E-state index is 0.0644. The Morgan fingerprint density at radius 1 is 1.05 bits per heavy atom. The Labute approximate surface area is 122 Å². The highest BCUT2D eigenvalue weighted by Gasteiger charge is 2.11. The van der Waals surface area contributed by atoms with Crippen LogP contribution in [-0.2, 0) is 6.42 Å². The van der Waals surface area contributed by atoms with Crippen molar-refractivity contribution in [2.45, 2.75) is 26.2 Å². The van der Waals surface area contributed by atoms with Gasteiger partial charge in [0.25, 0.3) is 0 Å². The number of hydrogen-bond donors (Lipinski definition) is 0. The first-order chi connectivity index (χ1) is 9.22. The van der Waals surface area contributed by atoms with Gasteiger partial charge in [-0.2, -0.15) is 0 Å². The molecule has 0 amide bonds. The molecular formula is C17H17BrO. The van der Waals surface area contributed by atoms with E-state index in [0.29, 0.717) is 5.56 Å². The van der Waals surface area contributed by atoms with Crippen LogP contribution in [0.3, 0.4) is 0 Å². The minimum Gasteiger partial charge on any atom is -0.289 e. The topological polar surface area (TPSA) is 17.1 Å². The van der Waals surface area contributed by atoms with Crippen LogP contribution in [0, 0.1) is 0 Å². The molecule has 0 bridgehead atoms. The van der Waals surface area contributed by atoms with E-state index in [9.17, 15) is 4.79 Å². The summed E-state index contributed by atoms with van der Waals surface area (Å²) in [4.78, 5) is 12.4. The van der Waals surface area contributed by atoms with Crippen LogP contribution in [0.5, 0.6) is 0 Å². The van der Waals surface area contributed by atoms with Gasteiger partial charge in [-0.05, 0) is 30.5 Å². The maximum atomic E-state index is 12.4. The van der Waals surface area contributed by atoms with Gasteiger partial charge in [0, 0.05) is 15.6 Å². The molecule has 2 aromatic rings. The summed E-state index contributed by atoms with van der Waals surface area (Å²) < 4.78 is 0.843. The van der Waals surface area contributed by atoms with Crippen LogP contribution in [-0.4, -0.2) is 5.78 Å². The summed E-state index contributed by atoms with van der Waals surface area (Å²) in [6, 6.07) is 15.5. The van der Waals surface area contributed by atoms with E-state index in [1.165, 1.54) is 18.4 Å². The van der Waals surface area contributed by atoms with E-state index in [1.807, 2.05) is 36.4 Å². The van der Waals surface area contributed by atoms with E-state index in [0.717, 1.165) is 16.5 Å². The Hall–Kier alpha value is -1.41. The third-order valence-electron chi connectivity index (χ3n) is 3.15. The van der Waals surface area contributed by atoms with E-state index in [-0.39, 0.29) is 5.78 Å². The second kappa shape index (κ2) is 6.67. The summed E-state index contributed by atoms with van der Waals surface area (Å²) in [6.07, 6.45) is 3.47. The normalized spacial score (nSPS) is 10.4. The number of carbonyl (C=O) groups is 1. The SMILES string of the molecule is CCCCc1ccc(C(=O)c2ccccc2Br)cc1. The molecule has 0 aliphatic carbocycles. The van der Waals surface area contributed by atoms with Crippen molar-refractivity contribution in [3.63, 3.8) is 0 Å². The molecule has 2 rings (SSSR count).